The van der Waals surface area contributed by atoms with Crippen LogP contribution in [0.15, 0.2) is 91.0 Å². The summed E-state index contributed by atoms with van der Waals surface area (Å²) < 4.78 is 0. The number of benzene rings is 4. The smallest absolute Gasteiger partial charge is 0.275 e. The van der Waals surface area contributed by atoms with Crippen molar-refractivity contribution >= 4 is 58.3 Å². The maximum atomic E-state index is 14.5. The fourth-order valence-corrected chi connectivity index (χ4v) is 7.68. The number of amides is 3. The molecule has 0 unspecified atom stereocenters. The highest BCUT2D eigenvalue weighted by Crippen LogP contribution is 2.61. The second-order valence-electron chi connectivity index (χ2n) is 11.1. The van der Waals surface area contributed by atoms with Crippen molar-refractivity contribution in [2.45, 2.75) is 24.8 Å². The van der Waals surface area contributed by atoms with E-state index in [1.54, 1.807) is 24.3 Å². The van der Waals surface area contributed by atoms with Crippen molar-refractivity contribution in [1.29, 1.82) is 0 Å². The monoisotopic (exact) mass is 628 g/mol. The van der Waals surface area contributed by atoms with Crippen LogP contribution in [0.25, 0.3) is 0 Å². The van der Waals surface area contributed by atoms with E-state index in [2.05, 4.69) is 0 Å². The normalized spacial score (nSPS) is 22.1. The van der Waals surface area contributed by atoms with E-state index in [0.29, 0.717) is 10.0 Å². The summed E-state index contributed by atoms with van der Waals surface area (Å²) >= 11 is 18.6. The number of Topliss-reactive ketones (excluding diaryl/α,β-unsaturated/α-hetero) is 1. The fraction of sp³-hybridized carbons (Fsp3) is 0.176. The van der Waals surface area contributed by atoms with Crippen LogP contribution in [0.1, 0.15) is 61.7 Å². The highest BCUT2D eigenvalue weighted by atomic mass is 35.5. The third-order valence-corrected chi connectivity index (χ3v) is 9.69. The molecular formula is C34H23Cl3N2O4. The second-order valence-corrected chi connectivity index (χ2v) is 12.4. The number of hydrogen-bond donors (Lipinski definition) is 0. The first kappa shape index (κ1) is 27.8. The highest BCUT2D eigenvalue weighted by Gasteiger charge is 2.63. The molecule has 0 N–H and O–H groups in total. The molecule has 8 rings (SSSR count). The number of hydrogen-bond acceptors (Lipinski definition) is 4. The Bertz CT molecular complexity index is 1740. The van der Waals surface area contributed by atoms with Gasteiger partial charge in [-0.2, -0.15) is 5.01 Å². The third-order valence-electron chi connectivity index (χ3n) is 8.89. The molecule has 9 heteroatoms. The Labute approximate surface area is 262 Å². The van der Waals surface area contributed by atoms with Crippen LogP contribution in [0.5, 0.6) is 0 Å². The van der Waals surface area contributed by atoms with Crippen molar-refractivity contribution in [2.24, 2.45) is 11.8 Å². The third kappa shape index (κ3) is 4.15. The largest absolute Gasteiger partial charge is 0.292 e. The van der Waals surface area contributed by atoms with Gasteiger partial charge >= 0.3 is 0 Å². The summed E-state index contributed by atoms with van der Waals surface area (Å²) in [6.45, 7) is 1.50. The molecule has 1 fully saturated rings. The van der Waals surface area contributed by atoms with Crippen LogP contribution in [-0.4, -0.2) is 39.6 Å². The number of rotatable bonds is 5. The summed E-state index contributed by atoms with van der Waals surface area (Å²) in [5.41, 5.74) is 4.28. The number of nitrogens with zero attached hydrogens (tertiary/aromatic N) is 2. The Hall–Kier alpha value is -3.97. The van der Waals surface area contributed by atoms with Crippen molar-refractivity contribution in [1.82, 2.24) is 10.0 Å². The minimum Gasteiger partial charge on any atom is -0.292 e. The number of halogens is 3. The Morgan fingerprint density at radius 1 is 0.698 bits per heavy atom. The van der Waals surface area contributed by atoms with E-state index in [4.69, 9.17) is 34.8 Å². The molecule has 6 nitrogen and oxygen atoms in total. The number of hydrazine groups is 1. The van der Waals surface area contributed by atoms with Crippen LogP contribution < -0.4 is 0 Å². The van der Waals surface area contributed by atoms with E-state index < -0.39 is 41.4 Å². The lowest BCUT2D eigenvalue weighted by atomic mass is 9.55. The molecule has 1 heterocycles. The van der Waals surface area contributed by atoms with Crippen LogP contribution in [0.2, 0.25) is 15.1 Å². The molecule has 4 aliphatic rings. The van der Waals surface area contributed by atoms with E-state index in [-0.39, 0.29) is 28.0 Å². The van der Waals surface area contributed by atoms with Crippen molar-refractivity contribution in [2.75, 3.05) is 0 Å². The topological polar surface area (TPSA) is 74.8 Å². The maximum Gasteiger partial charge on any atom is 0.275 e. The van der Waals surface area contributed by atoms with Gasteiger partial charge in [0.05, 0.1) is 22.4 Å². The summed E-state index contributed by atoms with van der Waals surface area (Å²) in [5.74, 6) is -4.51. The van der Waals surface area contributed by atoms with Gasteiger partial charge in [-0.25, -0.2) is 5.01 Å². The van der Waals surface area contributed by atoms with Crippen molar-refractivity contribution in [3.8, 4) is 0 Å². The quantitative estimate of drug-likeness (QED) is 0.173. The van der Waals surface area contributed by atoms with Crippen LogP contribution in [-0.2, 0) is 9.59 Å². The zero-order chi connectivity index (χ0) is 30.2. The SMILES string of the molecule is C[C@H](C(=O)c1ccc(Cl)cc1)N(C(=O)c1ccc(Cl)cc1Cl)N1C(=O)[C@@H]2C3c4ccccc4C(c4ccccc43)[C@H]2C1=O. The van der Waals surface area contributed by atoms with E-state index in [1.807, 2.05) is 48.5 Å². The van der Waals surface area contributed by atoms with Gasteiger partial charge < -0.3 is 0 Å². The number of imide groups is 1. The summed E-state index contributed by atoms with van der Waals surface area (Å²) in [7, 11) is 0. The van der Waals surface area contributed by atoms with Crippen molar-refractivity contribution in [3.05, 3.63) is 139 Å². The van der Waals surface area contributed by atoms with Crippen LogP contribution >= 0.6 is 34.8 Å². The molecule has 0 spiro atoms. The average Bonchev–Trinajstić information content (AvgIpc) is 3.27. The molecule has 3 amide bonds. The van der Waals surface area contributed by atoms with E-state index in [0.717, 1.165) is 32.3 Å². The highest BCUT2D eigenvalue weighted by molar-refractivity contribution is 6.37. The molecule has 4 aromatic rings. The summed E-state index contributed by atoms with van der Waals surface area (Å²) in [5, 5.41) is 2.66. The van der Waals surface area contributed by atoms with Gasteiger partial charge in [-0.3, -0.25) is 19.2 Å². The second kappa shape index (κ2) is 10.3. The number of ketones is 1. The molecule has 3 aliphatic carbocycles. The van der Waals surface area contributed by atoms with Crippen molar-refractivity contribution < 1.29 is 19.2 Å². The molecule has 2 bridgehead atoms. The van der Waals surface area contributed by atoms with Gasteiger partial charge in [-0.05, 0) is 71.6 Å². The van der Waals surface area contributed by atoms with Gasteiger partial charge in [-0.1, -0.05) is 83.3 Å². The predicted octanol–water partition coefficient (Wildman–Crippen LogP) is 7.17. The summed E-state index contributed by atoms with van der Waals surface area (Å²) in [6, 6.07) is 25.0. The lowest BCUT2D eigenvalue weighted by Gasteiger charge is -2.45. The molecule has 43 heavy (non-hydrogen) atoms. The minimum absolute atomic E-state index is 0.00633. The molecule has 0 saturated carbocycles. The first-order valence-corrected chi connectivity index (χ1v) is 15.0. The first-order chi connectivity index (χ1) is 20.7. The Balaban J connectivity index is 1.37. The fourth-order valence-electron chi connectivity index (χ4n) is 7.07. The van der Waals surface area contributed by atoms with Gasteiger partial charge in [0.25, 0.3) is 17.7 Å². The molecular weight excluding hydrogens is 607 g/mol. The molecule has 3 atom stereocenters. The van der Waals surface area contributed by atoms with Gasteiger partial charge in [0.2, 0.25) is 0 Å². The lowest BCUT2D eigenvalue weighted by molar-refractivity contribution is -0.156. The van der Waals surface area contributed by atoms with E-state index >= 15 is 0 Å². The first-order valence-electron chi connectivity index (χ1n) is 13.8. The Morgan fingerprint density at radius 2 is 1.16 bits per heavy atom. The van der Waals surface area contributed by atoms with Gasteiger partial charge in [0.1, 0.15) is 6.04 Å². The maximum absolute atomic E-state index is 14.5. The van der Waals surface area contributed by atoms with Crippen LogP contribution in [0, 0.1) is 11.8 Å². The van der Waals surface area contributed by atoms with Gasteiger partial charge in [0.15, 0.2) is 5.78 Å². The zero-order valence-corrected chi connectivity index (χ0v) is 25.0. The molecule has 0 aromatic heterocycles. The lowest BCUT2D eigenvalue weighted by Crippen LogP contribution is -2.56. The Morgan fingerprint density at radius 3 is 1.63 bits per heavy atom. The minimum atomic E-state index is -1.24. The zero-order valence-electron chi connectivity index (χ0n) is 22.7. The van der Waals surface area contributed by atoms with Crippen molar-refractivity contribution in [3.63, 3.8) is 0 Å². The van der Waals surface area contributed by atoms with Crippen LogP contribution in [0.3, 0.4) is 0 Å². The van der Waals surface area contributed by atoms with E-state index in [9.17, 15) is 19.2 Å². The standard InChI is InChI=1S/C34H23Cl3N2O4/c1-17(31(40)18-10-12-19(35)13-11-18)38(32(41)25-15-14-20(36)16-26(25)37)39-33(42)29-27-21-6-2-3-7-22(21)28(30(29)34(39)43)24-9-5-4-8-23(24)27/h2-17,27-30H,1H3/t17-,27?,28?,29-,30-/m1/s1. The Kier molecular flexibility index (Phi) is 6.69. The van der Waals surface area contributed by atoms with E-state index in [1.165, 1.54) is 25.1 Å². The molecule has 1 aliphatic heterocycles. The van der Waals surface area contributed by atoms with Gasteiger partial charge in [-0.15, -0.1) is 0 Å². The predicted molar refractivity (Wildman–Crippen MR) is 163 cm³/mol. The summed E-state index contributed by atoms with van der Waals surface area (Å²) in [4.78, 5) is 57.1. The molecule has 0 radical (unpaired) electrons. The summed E-state index contributed by atoms with van der Waals surface area (Å²) in [6.07, 6.45) is 0. The number of carbonyl (C=O) groups is 4. The molecule has 4 aromatic carbocycles. The molecule has 1 saturated heterocycles. The van der Waals surface area contributed by atoms with Crippen LogP contribution in [0.4, 0.5) is 0 Å². The number of carbonyl (C=O) groups excluding carboxylic acids is 4. The van der Waals surface area contributed by atoms with Gasteiger partial charge in [0, 0.05) is 27.4 Å². The molecule has 214 valence electrons. The average molecular weight is 630 g/mol.